The van der Waals surface area contributed by atoms with Gasteiger partial charge in [-0.15, -0.1) is 0 Å². The molecule has 8 heteroatoms. The molecule has 1 rings (SSSR count). The fraction of sp³-hybridized carbons (Fsp3) is 0.833. The molecule has 0 bridgehead atoms. The van der Waals surface area contributed by atoms with Crippen LogP contribution in [0.2, 0.25) is 0 Å². The summed E-state index contributed by atoms with van der Waals surface area (Å²) in [6.07, 6.45) is -3.25. The van der Waals surface area contributed by atoms with Crippen molar-refractivity contribution >= 4 is 11.9 Å². The largest absolute Gasteiger partial charge is 0.481 e. The van der Waals surface area contributed by atoms with Gasteiger partial charge in [0.25, 0.3) is 0 Å². The lowest BCUT2D eigenvalue weighted by Gasteiger charge is -2.36. The molecule has 0 aliphatic heterocycles. The minimum Gasteiger partial charge on any atom is -0.481 e. The lowest BCUT2D eigenvalue weighted by molar-refractivity contribution is -0.138. The predicted octanol–water partition coefficient (Wildman–Crippen LogP) is 1.29. The Bertz CT molecular complexity index is 354. The molecule has 5 nitrogen and oxygen atoms in total. The highest BCUT2D eigenvalue weighted by atomic mass is 19.4. The number of halogens is 3. The first-order valence-corrected chi connectivity index (χ1v) is 6.47. The Morgan fingerprint density at radius 3 is 2.35 bits per heavy atom. The Morgan fingerprint density at radius 1 is 1.25 bits per heavy atom. The van der Waals surface area contributed by atoms with Crippen LogP contribution >= 0.6 is 0 Å². The monoisotopic (exact) mass is 296 g/mol. The van der Waals surface area contributed by atoms with Gasteiger partial charge in [-0.3, -0.25) is 9.59 Å². The molecule has 1 atom stereocenters. The van der Waals surface area contributed by atoms with Gasteiger partial charge in [-0.2, -0.15) is 13.2 Å². The van der Waals surface area contributed by atoms with Crippen molar-refractivity contribution in [3.05, 3.63) is 0 Å². The molecule has 1 unspecified atom stereocenters. The fourth-order valence-corrected chi connectivity index (χ4v) is 2.14. The molecule has 0 aromatic rings. The van der Waals surface area contributed by atoms with Crippen LogP contribution in [0.25, 0.3) is 0 Å². The number of carboxylic acid groups (broad SMARTS) is 1. The van der Waals surface area contributed by atoms with Crippen molar-refractivity contribution in [3.63, 3.8) is 0 Å². The Kier molecular flexibility index (Phi) is 5.79. The molecule has 0 heterocycles. The maximum absolute atomic E-state index is 12.0. The van der Waals surface area contributed by atoms with E-state index in [1.54, 1.807) is 6.92 Å². The maximum Gasteiger partial charge on any atom is 0.401 e. The van der Waals surface area contributed by atoms with Crippen LogP contribution in [0.5, 0.6) is 0 Å². The molecule has 116 valence electrons. The lowest BCUT2D eigenvalue weighted by Crippen LogP contribution is -2.54. The van der Waals surface area contributed by atoms with Gasteiger partial charge in [0.1, 0.15) is 0 Å². The van der Waals surface area contributed by atoms with Crippen LogP contribution in [0.15, 0.2) is 0 Å². The number of carbonyl (C=O) groups is 2. The Hall–Kier alpha value is -1.31. The lowest BCUT2D eigenvalue weighted by atomic mass is 9.86. The topological polar surface area (TPSA) is 78.4 Å². The van der Waals surface area contributed by atoms with E-state index in [4.69, 9.17) is 5.11 Å². The van der Waals surface area contributed by atoms with E-state index in [1.807, 2.05) is 0 Å². The first kappa shape index (κ1) is 16.7. The third-order valence-electron chi connectivity index (χ3n) is 3.15. The highest BCUT2D eigenvalue weighted by Gasteiger charge is 2.34. The van der Waals surface area contributed by atoms with E-state index < -0.39 is 18.7 Å². The molecular weight excluding hydrogens is 277 g/mol. The summed E-state index contributed by atoms with van der Waals surface area (Å²) in [4.78, 5) is 22.0. The van der Waals surface area contributed by atoms with Crippen molar-refractivity contribution in [1.29, 1.82) is 0 Å². The maximum atomic E-state index is 12.0. The van der Waals surface area contributed by atoms with Crippen molar-refractivity contribution in [3.8, 4) is 0 Å². The SMILES string of the molecule is CC(CC(=O)O)CC(=O)NC1CC(NCC(F)(F)F)C1. The number of aliphatic carboxylic acids is 1. The molecule has 1 amide bonds. The fourth-order valence-electron chi connectivity index (χ4n) is 2.14. The third kappa shape index (κ3) is 6.74. The Balaban J connectivity index is 2.13. The van der Waals surface area contributed by atoms with Crippen molar-refractivity contribution in [1.82, 2.24) is 10.6 Å². The molecule has 1 fully saturated rings. The van der Waals surface area contributed by atoms with Gasteiger partial charge in [0.05, 0.1) is 6.54 Å². The van der Waals surface area contributed by atoms with Gasteiger partial charge >= 0.3 is 12.1 Å². The van der Waals surface area contributed by atoms with Gasteiger partial charge in [-0.25, -0.2) is 0 Å². The van der Waals surface area contributed by atoms with E-state index in [9.17, 15) is 22.8 Å². The van der Waals surface area contributed by atoms with E-state index in [2.05, 4.69) is 10.6 Å². The molecule has 0 radical (unpaired) electrons. The number of amides is 1. The Labute approximate surface area is 114 Å². The second kappa shape index (κ2) is 6.92. The van der Waals surface area contributed by atoms with E-state index >= 15 is 0 Å². The quantitative estimate of drug-likeness (QED) is 0.661. The zero-order valence-corrected chi connectivity index (χ0v) is 11.2. The molecule has 0 aromatic carbocycles. The van der Waals surface area contributed by atoms with Gasteiger partial charge in [0, 0.05) is 24.9 Å². The number of hydrogen-bond acceptors (Lipinski definition) is 3. The highest BCUT2D eigenvalue weighted by Crippen LogP contribution is 2.22. The predicted molar refractivity (Wildman–Crippen MR) is 65.0 cm³/mol. The molecule has 1 aliphatic carbocycles. The van der Waals surface area contributed by atoms with Crippen LogP contribution in [-0.2, 0) is 9.59 Å². The van der Waals surface area contributed by atoms with E-state index in [0.717, 1.165) is 0 Å². The summed E-state index contributed by atoms with van der Waals surface area (Å²) in [6.45, 7) is 0.649. The number of carbonyl (C=O) groups excluding carboxylic acids is 1. The Morgan fingerprint density at radius 2 is 1.85 bits per heavy atom. The van der Waals surface area contributed by atoms with Crippen LogP contribution in [-0.4, -0.2) is 41.8 Å². The molecule has 1 aliphatic rings. The zero-order valence-electron chi connectivity index (χ0n) is 11.2. The molecule has 0 aromatic heterocycles. The average Bonchev–Trinajstić information content (AvgIpc) is 2.17. The van der Waals surface area contributed by atoms with Gasteiger partial charge in [-0.1, -0.05) is 6.92 Å². The van der Waals surface area contributed by atoms with Gasteiger partial charge in [-0.05, 0) is 18.8 Å². The average molecular weight is 296 g/mol. The van der Waals surface area contributed by atoms with E-state index in [-0.39, 0.29) is 36.8 Å². The van der Waals surface area contributed by atoms with E-state index in [0.29, 0.717) is 12.8 Å². The first-order chi connectivity index (χ1) is 9.15. The minimum absolute atomic E-state index is 0.0755. The number of alkyl halides is 3. The van der Waals surface area contributed by atoms with Crippen molar-refractivity contribution < 1.29 is 27.9 Å². The normalized spacial score (nSPS) is 23.8. The summed E-state index contributed by atoms with van der Waals surface area (Å²) in [5, 5.41) is 13.6. The number of nitrogens with one attached hydrogen (secondary N) is 2. The molecular formula is C12H19F3N2O3. The van der Waals surface area contributed by atoms with Crippen LogP contribution in [0.4, 0.5) is 13.2 Å². The van der Waals surface area contributed by atoms with Crippen LogP contribution in [0.3, 0.4) is 0 Å². The number of hydrogen-bond donors (Lipinski definition) is 3. The molecule has 20 heavy (non-hydrogen) atoms. The minimum atomic E-state index is -4.22. The van der Waals surface area contributed by atoms with Crippen molar-refractivity contribution in [2.75, 3.05) is 6.54 Å². The molecule has 0 saturated heterocycles. The van der Waals surface area contributed by atoms with Gasteiger partial charge in [0.2, 0.25) is 5.91 Å². The summed E-state index contributed by atoms with van der Waals surface area (Å²) in [5.41, 5.74) is 0. The number of carboxylic acids is 1. The van der Waals surface area contributed by atoms with Crippen molar-refractivity contribution in [2.45, 2.75) is 50.9 Å². The van der Waals surface area contributed by atoms with Crippen LogP contribution in [0, 0.1) is 5.92 Å². The summed E-state index contributed by atoms with van der Waals surface area (Å²) in [6, 6.07) is -0.344. The second-order valence-electron chi connectivity index (χ2n) is 5.34. The van der Waals surface area contributed by atoms with Gasteiger partial charge < -0.3 is 15.7 Å². The second-order valence-corrected chi connectivity index (χ2v) is 5.34. The summed E-state index contributed by atoms with van der Waals surface area (Å²) < 4.78 is 35.9. The summed E-state index contributed by atoms with van der Waals surface area (Å²) in [7, 11) is 0. The molecule has 1 saturated carbocycles. The standard InChI is InChI=1S/C12H19F3N2O3/c1-7(3-11(19)20)2-10(18)17-9-4-8(5-9)16-6-12(13,14)15/h7-9,16H,2-6H2,1H3,(H,17,18)(H,19,20). The smallest absolute Gasteiger partial charge is 0.401 e. The third-order valence-corrected chi connectivity index (χ3v) is 3.15. The number of rotatable bonds is 7. The molecule has 3 N–H and O–H groups in total. The van der Waals surface area contributed by atoms with E-state index in [1.165, 1.54) is 0 Å². The highest BCUT2D eigenvalue weighted by molar-refractivity contribution is 5.77. The summed E-state index contributed by atoms with van der Waals surface area (Å²) >= 11 is 0. The van der Waals surface area contributed by atoms with Crippen LogP contribution < -0.4 is 10.6 Å². The zero-order chi connectivity index (χ0) is 15.3. The molecule has 0 spiro atoms. The van der Waals surface area contributed by atoms with Gasteiger partial charge in [0.15, 0.2) is 0 Å². The van der Waals surface area contributed by atoms with Crippen molar-refractivity contribution in [2.24, 2.45) is 5.92 Å². The first-order valence-electron chi connectivity index (χ1n) is 6.47. The van der Waals surface area contributed by atoms with Crippen LogP contribution in [0.1, 0.15) is 32.6 Å². The summed E-state index contributed by atoms with van der Waals surface area (Å²) in [5.74, 6) is -1.46.